The first-order chi connectivity index (χ1) is 26.8. The predicted octanol–water partition coefficient (Wildman–Crippen LogP) is 3.87. The van der Waals surface area contributed by atoms with Crippen molar-refractivity contribution in [3.63, 3.8) is 0 Å². The Bertz CT molecular complexity index is 1930. The van der Waals surface area contributed by atoms with Crippen molar-refractivity contribution in [2.24, 2.45) is 5.41 Å². The average molecular weight is 768 g/mol. The number of hydrogen-bond donors (Lipinski definition) is 2. The van der Waals surface area contributed by atoms with Gasteiger partial charge >= 0.3 is 11.9 Å². The normalized spacial score (nSPS) is 27.0. The molecule has 4 fully saturated rings. The fourth-order valence-corrected chi connectivity index (χ4v) is 8.22. The Kier molecular flexibility index (Phi) is 10.9. The lowest BCUT2D eigenvalue weighted by atomic mass is 9.62. The molecule has 3 heterocycles. The van der Waals surface area contributed by atoms with Crippen LogP contribution >= 0.6 is 0 Å². The lowest BCUT2D eigenvalue weighted by Crippen LogP contribution is -2.70. The van der Waals surface area contributed by atoms with E-state index in [1.165, 1.54) is 16.0 Å². The molecule has 0 aromatic heterocycles. The van der Waals surface area contributed by atoms with Crippen molar-refractivity contribution < 1.29 is 48.1 Å². The molecule has 0 unspecified atom stereocenters. The number of aliphatic hydroxyl groups excluding tert-OH is 1. The number of nitrogens with one attached hydrogen (secondary N) is 1. The lowest BCUT2D eigenvalue weighted by Gasteiger charge is -2.49. The number of hydrogen-bond acceptors (Lipinski definition) is 11. The first-order valence-corrected chi connectivity index (χ1v) is 19.0. The number of ether oxygens (including phenoxy) is 4. The number of carbonyl (C=O) groups excluding carboxylic acids is 4. The molecule has 2 N–H and O–H groups in total. The van der Waals surface area contributed by atoms with Gasteiger partial charge in [-0.25, -0.2) is 0 Å². The Hall–Kier alpha value is -4.92. The van der Waals surface area contributed by atoms with E-state index >= 15 is 0 Å². The minimum atomic E-state index is -1.56. The van der Waals surface area contributed by atoms with E-state index in [0.717, 1.165) is 11.1 Å². The van der Waals surface area contributed by atoms with Gasteiger partial charge in [-0.15, -0.1) is 0 Å². The number of amides is 2. The van der Waals surface area contributed by atoms with Crippen LogP contribution in [-0.4, -0.2) is 102 Å². The molecule has 13 heteroatoms. The predicted molar refractivity (Wildman–Crippen MR) is 203 cm³/mol. The van der Waals surface area contributed by atoms with Crippen LogP contribution in [0, 0.1) is 5.41 Å². The van der Waals surface area contributed by atoms with Gasteiger partial charge in [0.05, 0.1) is 19.2 Å². The number of carbonyl (C=O) groups is 4. The molecule has 3 aromatic rings. The van der Waals surface area contributed by atoms with E-state index in [0.29, 0.717) is 11.1 Å². The van der Waals surface area contributed by atoms with Crippen LogP contribution < -0.4 is 5.32 Å². The zero-order valence-corrected chi connectivity index (χ0v) is 32.3. The topological polar surface area (TPSA) is 153 Å². The Morgan fingerprint density at radius 1 is 0.964 bits per heavy atom. The molecule has 7 rings (SSSR count). The van der Waals surface area contributed by atoms with Gasteiger partial charge in [0.1, 0.15) is 35.4 Å². The molecule has 2 amide bonds. The van der Waals surface area contributed by atoms with Crippen LogP contribution in [0.3, 0.4) is 0 Å². The summed E-state index contributed by atoms with van der Waals surface area (Å²) in [6.07, 6.45) is -0.383. The fraction of sp³-hybridized carbons (Fsp3) is 0.442. The van der Waals surface area contributed by atoms with Crippen molar-refractivity contribution in [2.45, 2.75) is 94.5 Å². The molecule has 3 saturated heterocycles. The number of nitrogens with zero attached hydrogens (tertiary/aromatic N) is 2. The zero-order chi connectivity index (χ0) is 39.8. The highest BCUT2D eigenvalue weighted by molar-refractivity contribution is 5.94. The Labute approximate surface area is 326 Å². The first-order valence-electron chi connectivity index (χ1n) is 19.0. The van der Waals surface area contributed by atoms with Crippen LogP contribution in [0.1, 0.15) is 62.3 Å². The smallest absolute Gasteiger partial charge is 0.327 e. The highest BCUT2D eigenvalue weighted by atomic mass is 16.8. The summed E-state index contributed by atoms with van der Waals surface area (Å²) in [7, 11) is 3.33. The fourth-order valence-electron chi connectivity index (χ4n) is 8.22. The van der Waals surface area contributed by atoms with Crippen LogP contribution in [0.15, 0.2) is 91.0 Å². The number of benzene rings is 3. The number of rotatable bonds is 12. The van der Waals surface area contributed by atoms with Gasteiger partial charge in [-0.05, 0) is 44.4 Å². The van der Waals surface area contributed by atoms with Gasteiger partial charge in [0.2, 0.25) is 17.6 Å². The monoisotopic (exact) mass is 767 g/mol. The van der Waals surface area contributed by atoms with Crippen molar-refractivity contribution >= 4 is 29.8 Å². The highest BCUT2D eigenvalue weighted by Crippen LogP contribution is 2.59. The van der Waals surface area contributed by atoms with Crippen molar-refractivity contribution in [3.05, 3.63) is 113 Å². The van der Waals surface area contributed by atoms with Gasteiger partial charge in [-0.3, -0.25) is 24.0 Å². The third kappa shape index (κ3) is 7.37. The van der Waals surface area contributed by atoms with Gasteiger partial charge < -0.3 is 34.3 Å². The molecule has 0 radical (unpaired) electrons. The standard InChI is InChI=1S/C43H49N3O10/c1-41(2,3)53-34(49)23-21-31(26-47)44-40(51)42-24-32-35-36(55-43(54-35,29-16-8-6-9-17-29)30-18-10-7-11-19-30)38(42)56-46(37(42)39(50)52-32)25-28-15-13-12-14-27(28)20-22-33(48)45(4)5/h6-20,22,31-32,35-38,47H,21,23-26H2,1-5H3,(H,44,51)/t31-,32-,35-,36-,37-,38+,42-/m0/s1. The molecule has 2 bridgehead atoms. The van der Waals surface area contributed by atoms with Gasteiger partial charge in [-0.2, -0.15) is 5.06 Å². The molecule has 3 aromatic carbocycles. The van der Waals surface area contributed by atoms with Crippen LogP contribution in [-0.2, 0) is 55.3 Å². The van der Waals surface area contributed by atoms with Crippen molar-refractivity contribution in [1.82, 2.24) is 15.3 Å². The molecule has 1 saturated carbocycles. The first kappa shape index (κ1) is 39.3. The summed E-state index contributed by atoms with van der Waals surface area (Å²) in [5, 5.41) is 14.9. The maximum absolute atomic E-state index is 15.0. The quantitative estimate of drug-likeness (QED) is 0.204. The molecule has 4 aliphatic rings. The zero-order valence-electron chi connectivity index (χ0n) is 32.3. The maximum atomic E-state index is 15.0. The summed E-state index contributed by atoms with van der Waals surface area (Å²) in [4.78, 5) is 62.6. The molecule has 3 aliphatic heterocycles. The average Bonchev–Trinajstić information content (AvgIpc) is 3.76. The van der Waals surface area contributed by atoms with Crippen LogP contribution in [0.5, 0.6) is 0 Å². The molecular weight excluding hydrogens is 718 g/mol. The second-order valence-electron chi connectivity index (χ2n) is 16.0. The summed E-state index contributed by atoms with van der Waals surface area (Å²) >= 11 is 0. The Morgan fingerprint density at radius 2 is 1.59 bits per heavy atom. The Morgan fingerprint density at radius 3 is 2.21 bits per heavy atom. The van der Waals surface area contributed by atoms with Crippen molar-refractivity contribution in [3.8, 4) is 0 Å². The molecule has 56 heavy (non-hydrogen) atoms. The second-order valence-corrected chi connectivity index (χ2v) is 16.0. The van der Waals surface area contributed by atoms with Crippen LogP contribution in [0.2, 0.25) is 0 Å². The van der Waals surface area contributed by atoms with Crippen LogP contribution in [0.4, 0.5) is 0 Å². The third-order valence-corrected chi connectivity index (χ3v) is 10.8. The van der Waals surface area contributed by atoms with E-state index in [1.54, 1.807) is 40.9 Å². The minimum absolute atomic E-state index is 0.0453. The molecule has 1 aliphatic carbocycles. The van der Waals surface area contributed by atoms with E-state index in [2.05, 4.69) is 5.32 Å². The summed E-state index contributed by atoms with van der Waals surface area (Å²) in [6, 6.07) is 24.3. The van der Waals surface area contributed by atoms with Crippen molar-refractivity contribution in [1.29, 1.82) is 0 Å². The molecule has 13 nitrogen and oxygen atoms in total. The number of hydroxylamine groups is 2. The van der Waals surface area contributed by atoms with E-state index < -0.39 is 77.8 Å². The summed E-state index contributed by atoms with van der Waals surface area (Å²) < 4.78 is 25.6. The van der Waals surface area contributed by atoms with E-state index in [1.807, 2.05) is 84.9 Å². The summed E-state index contributed by atoms with van der Waals surface area (Å²) in [6.45, 7) is 4.89. The third-order valence-electron chi connectivity index (χ3n) is 10.8. The molecule has 0 spiro atoms. The van der Waals surface area contributed by atoms with E-state index in [9.17, 15) is 24.3 Å². The number of fused-ring (bicyclic) bond motifs is 4. The number of aliphatic hydroxyl groups is 1. The Balaban J connectivity index is 1.27. The van der Waals surface area contributed by atoms with Gasteiger partial charge in [-0.1, -0.05) is 84.9 Å². The SMILES string of the molecule is CN(C)C(=O)C=Cc1ccccc1CN1O[C@@H]2[C@H]3OC(c4ccccc4)(c4ccccc4)O[C@H]3[C@@H]3C[C@]2(C(=O)N[C@H](CO)CCC(=O)OC(C)(C)C)[C@@H]1C(=O)O3. The maximum Gasteiger partial charge on any atom is 0.327 e. The van der Waals surface area contributed by atoms with E-state index in [-0.39, 0.29) is 31.7 Å². The summed E-state index contributed by atoms with van der Waals surface area (Å²) in [5.74, 6) is -3.29. The minimum Gasteiger partial charge on any atom is -0.460 e. The molecular formula is C43H49N3O10. The second kappa shape index (κ2) is 15.5. The number of likely N-dealkylation sites (N-methyl/N-ethyl adjacent to an activating group) is 1. The molecule has 296 valence electrons. The largest absolute Gasteiger partial charge is 0.460 e. The van der Waals surface area contributed by atoms with Gasteiger partial charge in [0.15, 0.2) is 6.04 Å². The van der Waals surface area contributed by atoms with Gasteiger partial charge in [0.25, 0.3) is 0 Å². The highest BCUT2D eigenvalue weighted by Gasteiger charge is 2.76. The lowest BCUT2D eigenvalue weighted by molar-refractivity contribution is -0.213. The van der Waals surface area contributed by atoms with Crippen molar-refractivity contribution in [2.75, 3.05) is 20.7 Å². The number of esters is 2. The summed E-state index contributed by atoms with van der Waals surface area (Å²) in [5.41, 5.74) is 0.615. The van der Waals surface area contributed by atoms with Crippen LogP contribution in [0.25, 0.3) is 6.08 Å². The van der Waals surface area contributed by atoms with E-state index in [4.69, 9.17) is 23.8 Å². The van der Waals surface area contributed by atoms with Gasteiger partial charge in [0, 0.05) is 44.1 Å². The molecule has 7 atom stereocenters.